The first kappa shape index (κ1) is 15.8. The molecule has 2 aromatic rings. The minimum Gasteiger partial charge on any atom is -0.481 e. The third-order valence-electron chi connectivity index (χ3n) is 2.97. The Morgan fingerprint density at radius 2 is 1.73 bits per heavy atom. The molecule has 0 aliphatic heterocycles. The SMILES string of the molecule is Cc1ccc(Nc2cc(F)c(F)c(F)c2F)c(CC(=O)O)c1. The Balaban J connectivity index is 2.45. The van der Waals surface area contributed by atoms with Crippen molar-refractivity contribution >= 4 is 17.3 Å². The molecule has 0 atom stereocenters. The van der Waals surface area contributed by atoms with Gasteiger partial charge in [0.05, 0.1) is 12.1 Å². The molecular weight excluding hydrogens is 302 g/mol. The van der Waals surface area contributed by atoms with Crippen LogP contribution in [0.3, 0.4) is 0 Å². The number of hydrogen-bond acceptors (Lipinski definition) is 2. The molecular formula is C15H11F4NO2. The predicted molar refractivity (Wildman–Crippen MR) is 72.1 cm³/mol. The number of hydrogen-bond donors (Lipinski definition) is 2. The van der Waals surface area contributed by atoms with Crippen LogP contribution in [0, 0.1) is 30.2 Å². The molecule has 116 valence electrons. The number of benzene rings is 2. The standard InChI is InChI=1S/C15H11F4NO2/c1-7-2-3-10(8(4-7)5-12(21)22)20-11-6-9(16)13(17)15(19)14(11)18/h2-4,6,20H,5H2,1H3,(H,21,22). The lowest BCUT2D eigenvalue weighted by atomic mass is 10.1. The molecule has 0 saturated carbocycles. The fourth-order valence-corrected chi connectivity index (χ4v) is 1.96. The molecule has 7 heteroatoms. The summed E-state index contributed by atoms with van der Waals surface area (Å²) in [6, 6.07) is 5.08. The highest BCUT2D eigenvalue weighted by molar-refractivity contribution is 5.75. The second-order valence-corrected chi connectivity index (χ2v) is 4.70. The fourth-order valence-electron chi connectivity index (χ4n) is 1.96. The maximum absolute atomic E-state index is 13.6. The number of aliphatic carboxylic acids is 1. The van der Waals surface area contributed by atoms with Crippen LogP contribution in [0.5, 0.6) is 0 Å². The summed E-state index contributed by atoms with van der Waals surface area (Å²) in [5, 5.41) is 11.3. The van der Waals surface area contributed by atoms with E-state index in [1.54, 1.807) is 19.1 Å². The van der Waals surface area contributed by atoms with Gasteiger partial charge in [0.1, 0.15) is 0 Å². The molecule has 0 heterocycles. The normalized spacial score (nSPS) is 10.6. The van der Waals surface area contributed by atoms with Crippen molar-refractivity contribution < 1.29 is 27.5 Å². The minimum absolute atomic E-state index is 0.164. The summed E-state index contributed by atoms with van der Waals surface area (Å²) >= 11 is 0. The van der Waals surface area contributed by atoms with Gasteiger partial charge in [0.2, 0.25) is 0 Å². The van der Waals surface area contributed by atoms with E-state index in [0.717, 1.165) is 5.56 Å². The zero-order valence-electron chi connectivity index (χ0n) is 11.4. The van der Waals surface area contributed by atoms with Gasteiger partial charge in [0.15, 0.2) is 23.3 Å². The number of aryl methyl sites for hydroxylation is 1. The number of anilines is 2. The van der Waals surface area contributed by atoms with Crippen molar-refractivity contribution in [2.75, 3.05) is 5.32 Å². The predicted octanol–water partition coefficient (Wildman–Crippen LogP) is 3.92. The number of rotatable bonds is 4. The van der Waals surface area contributed by atoms with Crippen LogP contribution in [-0.2, 0) is 11.2 Å². The Hall–Kier alpha value is -2.57. The van der Waals surface area contributed by atoms with Crippen molar-refractivity contribution in [2.45, 2.75) is 13.3 Å². The Labute approximate surface area is 123 Å². The Morgan fingerprint density at radius 1 is 1.05 bits per heavy atom. The van der Waals surface area contributed by atoms with Crippen LogP contribution in [-0.4, -0.2) is 11.1 Å². The second-order valence-electron chi connectivity index (χ2n) is 4.70. The van der Waals surface area contributed by atoms with Gasteiger partial charge < -0.3 is 10.4 Å². The highest BCUT2D eigenvalue weighted by Gasteiger charge is 2.19. The number of carboxylic acid groups (broad SMARTS) is 1. The lowest BCUT2D eigenvalue weighted by Gasteiger charge is -2.13. The number of carbonyl (C=O) groups is 1. The van der Waals surface area contributed by atoms with Gasteiger partial charge in [-0.15, -0.1) is 0 Å². The van der Waals surface area contributed by atoms with Crippen molar-refractivity contribution in [3.63, 3.8) is 0 Å². The largest absolute Gasteiger partial charge is 0.481 e. The van der Waals surface area contributed by atoms with Gasteiger partial charge in [0.25, 0.3) is 0 Å². The van der Waals surface area contributed by atoms with E-state index in [9.17, 15) is 22.4 Å². The lowest BCUT2D eigenvalue weighted by molar-refractivity contribution is -0.136. The third kappa shape index (κ3) is 3.19. The quantitative estimate of drug-likeness (QED) is 0.511. The molecule has 0 saturated heterocycles. The molecule has 0 aliphatic carbocycles. The summed E-state index contributed by atoms with van der Waals surface area (Å²) in [5.41, 5.74) is 0.611. The van der Waals surface area contributed by atoms with Crippen LogP contribution < -0.4 is 5.32 Å². The van der Waals surface area contributed by atoms with Crippen molar-refractivity contribution in [1.82, 2.24) is 0 Å². The average molecular weight is 313 g/mol. The lowest BCUT2D eigenvalue weighted by Crippen LogP contribution is -2.06. The molecule has 0 unspecified atom stereocenters. The first-order valence-corrected chi connectivity index (χ1v) is 6.21. The van der Waals surface area contributed by atoms with E-state index < -0.39 is 34.9 Å². The first-order valence-electron chi connectivity index (χ1n) is 6.21. The van der Waals surface area contributed by atoms with Crippen LogP contribution in [0.2, 0.25) is 0 Å². The topological polar surface area (TPSA) is 49.3 Å². The Kier molecular flexibility index (Phi) is 4.35. The van der Waals surface area contributed by atoms with Gasteiger partial charge in [-0.3, -0.25) is 4.79 Å². The molecule has 0 amide bonds. The first-order chi connectivity index (χ1) is 10.3. The number of nitrogens with one attached hydrogen (secondary N) is 1. The van der Waals surface area contributed by atoms with Gasteiger partial charge in [-0.2, -0.15) is 0 Å². The molecule has 0 aromatic heterocycles. The number of carboxylic acids is 1. The summed E-state index contributed by atoms with van der Waals surface area (Å²) in [7, 11) is 0. The van der Waals surface area contributed by atoms with Gasteiger partial charge in [0, 0.05) is 11.8 Å². The van der Waals surface area contributed by atoms with Crippen LogP contribution in [0.1, 0.15) is 11.1 Å². The molecule has 0 aliphatic rings. The van der Waals surface area contributed by atoms with Crippen LogP contribution in [0.15, 0.2) is 24.3 Å². The molecule has 2 rings (SSSR count). The molecule has 0 fully saturated rings. The Morgan fingerprint density at radius 3 is 2.36 bits per heavy atom. The molecule has 0 bridgehead atoms. The minimum atomic E-state index is -1.94. The summed E-state index contributed by atoms with van der Waals surface area (Å²) < 4.78 is 52.9. The molecule has 0 spiro atoms. The van der Waals surface area contributed by atoms with E-state index >= 15 is 0 Å². The van der Waals surface area contributed by atoms with Crippen LogP contribution >= 0.6 is 0 Å². The van der Waals surface area contributed by atoms with E-state index in [1.165, 1.54) is 6.07 Å². The zero-order valence-corrected chi connectivity index (χ0v) is 11.4. The van der Waals surface area contributed by atoms with E-state index in [1.807, 2.05) is 0 Å². The van der Waals surface area contributed by atoms with E-state index in [0.29, 0.717) is 11.6 Å². The third-order valence-corrected chi connectivity index (χ3v) is 2.97. The average Bonchev–Trinajstić information content (AvgIpc) is 2.44. The molecule has 2 N–H and O–H groups in total. The van der Waals surface area contributed by atoms with Gasteiger partial charge in [-0.05, 0) is 18.6 Å². The summed E-state index contributed by atoms with van der Waals surface area (Å²) in [5.74, 6) is -8.09. The van der Waals surface area contributed by atoms with E-state index in [-0.39, 0.29) is 12.1 Å². The maximum Gasteiger partial charge on any atom is 0.307 e. The van der Waals surface area contributed by atoms with Crippen LogP contribution in [0.25, 0.3) is 0 Å². The Bertz CT molecular complexity index is 747. The molecule has 0 radical (unpaired) electrons. The zero-order chi connectivity index (χ0) is 16.4. The molecule has 22 heavy (non-hydrogen) atoms. The van der Waals surface area contributed by atoms with Gasteiger partial charge in [-0.1, -0.05) is 17.7 Å². The maximum atomic E-state index is 13.6. The second kappa shape index (κ2) is 6.05. The van der Waals surface area contributed by atoms with Gasteiger partial charge >= 0.3 is 5.97 Å². The smallest absolute Gasteiger partial charge is 0.307 e. The highest BCUT2D eigenvalue weighted by atomic mass is 19.2. The molecule has 2 aromatic carbocycles. The van der Waals surface area contributed by atoms with Gasteiger partial charge in [-0.25, -0.2) is 17.6 Å². The van der Waals surface area contributed by atoms with Crippen molar-refractivity contribution in [1.29, 1.82) is 0 Å². The fraction of sp³-hybridized carbons (Fsp3) is 0.133. The van der Waals surface area contributed by atoms with E-state index in [2.05, 4.69) is 5.32 Å². The van der Waals surface area contributed by atoms with E-state index in [4.69, 9.17) is 5.11 Å². The van der Waals surface area contributed by atoms with Crippen molar-refractivity contribution in [3.05, 3.63) is 58.7 Å². The summed E-state index contributed by atoms with van der Waals surface area (Å²) in [6.45, 7) is 1.73. The summed E-state index contributed by atoms with van der Waals surface area (Å²) in [6.07, 6.45) is -0.363. The highest BCUT2D eigenvalue weighted by Crippen LogP contribution is 2.28. The molecule has 3 nitrogen and oxygen atoms in total. The summed E-state index contributed by atoms with van der Waals surface area (Å²) in [4.78, 5) is 10.8. The van der Waals surface area contributed by atoms with Crippen molar-refractivity contribution in [3.8, 4) is 0 Å². The number of halogens is 4. The monoisotopic (exact) mass is 313 g/mol. The van der Waals surface area contributed by atoms with Crippen molar-refractivity contribution in [2.24, 2.45) is 0 Å². The van der Waals surface area contributed by atoms with Crippen LogP contribution in [0.4, 0.5) is 28.9 Å².